The highest BCUT2D eigenvalue weighted by molar-refractivity contribution is 7.15. The average molecular weight is 284 g/mol. The highest BCUT2D eigenvalue weighted by Crippen LogP contribution is 2.17. The topological polar surface area (TPSA) is 76.1 Å². The summed E-state index contributed by atoms with van der Waals surface area (Å²) in [6, 6.07) is -0.291. The van der Waals surface area contributed by atoms with Crippen LogP contribution < -0.4 is 10.6 Å². The molecule has 2 heterocycles. The number of rotatable bonds is 6. The van der Waals surface area contributed by atoms with Gasteiger partial charge in [-0.2, -0.15) is 0 Å². The number of unbranched alkanes of at least 4 members (excludes halogenated alkanes) is 2. The van der Waals surface area contributed by atoms with E-state index >= 15 is 0 Å². The monoisotopic (exact) mass is 284 g/mol. The highest BCUT2D eigenvalue weighted by atomic mass is 32.1. The third kappa shape index (κ3) is 4.52. The van der Waals surface area contributed by atoms with Crippen LogP contribution in [0.4, 0.5) is 5.13 Å². The summed E-state index contributed by atoms with van der Waals surface area (Å²) in [7, 11) is 0. The molecule has 0 saturated carbocycles. The Kier molecular flexibility index (Phi) is 5.68. The molecule has 1 aliphatic heterocycles. The van der Waals surface area contributed by atoms with Gasteiger partial charge < -0.3 is 10.1 Å². The number of carbonyl (C=O) groups excluding carboxylic acids is 1. The molecule has 1 fully saturated rings. The predicted molar refractivity (Wildman–Crippen MR) is 74.4 cm³/mol. The maximum Gasteiger partial charge on any atom is 0.245 e. The zero-order valence-electron chi connectivity index (χ0n) is 11.1. The molecule has 1 saturated heterocycles. The molecular weight excluding hydrogens is 264 g/mol. The van der Waals surface area contributed by atoms with Gasteiger partial charge in [-0.05, 0) is 6.42 Å². The molecule has 2 N–H and O–H groups in total. The van der Waals surface area contributed by atoms with E-state index in [1.807, 2.05) is 0 Å². The van der Waals surface area contributed by atoms with Crippen LogP contribution in [0.2, 0.25) is 0 Å². The SMILES string of the molecule is CCCCCc1nnc(NC(=O)C2COCCN2)s1. The minimum absolute atomic E-state index is 0.101. The summed E-state index contributed by atoms with van der Waals surface area (Å²) in [4.78, 5) is 11.9. The van der Waals surface area contributed by atoms with Crippen LogP contribution in [0.3, 0.4) is 0 Å². The van der Waals surface area contributed by atoms with E-state index in [9.17, 15) is 4.79 Å². The summed E-state index contributed by atoms with van der Waals surface area (Å²) >= 11 is 1.45. The number of aromatic nitrogens is 2. The Hall–Kier alpha value is -1.05. The van der Waals surface area contributed by atoms with Gasteiger partial charge in [-0.25, -0.2) is 0 Å². The van der Waals surface area contributed by atoms with Crippen LogP contribution in [0.15, 0.2) is 0 Å². The number of carbonyl (C=O) groups is 1. The molecule has 0 aromatic carbocycles. The largest absolute Gasteiger partial charge is 0.378 e. The second kappa shape index (κ2) is 7.52. The Bertz CT molecular complexity index is 404. The standard InChI is InChI=1S/C12H20N4O2S/c1-2-3-4-5-10-15-16-12(19-10)14-11(17)9-8-18-7-6-13-9/h9,13H,2-8H2,1H3,(H,14,16,17). The molecule has 1 unspecified atom stereocenters. The number of ether oxygens (including phenoxy) is 1. The summed E-state index contributed by atoms with van der Waals surface area (Å²) in [5.74, 6) is -0.101. The van der Waals surface area contributed by atoms with Crippen molar-refractivity contribution in [3.63, 3.8) is 0 Å². The average Bonchev–Trinajstić information content (AvgIpc) is 2.88. The fraction of sp³-hybridized carbons (Fsp3) is 0.750. The minimum Gasteiger partial charge on any atom is -0.378 e. The molecule has 19 heavy (non-hydrogen) atoms. The van der Waals surface area contributed by atoms with Crippen LogP contribution in [-0.4, -0.2) is 41.9 Å². The molecule has 0 bridgehead atoms. The van der Waals surface area contributed by atoms with Crippen molar-refractivity contribution >= 4 is 22.4 Å². The van der Waals surface area contributed by atoms with E-state index in [0.29, 0.717) is 24.9 Å². The van der Waals surface area contributed by atoms with Gasteiger partial charge in [-0.1, -0.05) is 31.1 Å². The molecule has 1 amide bonds. The number of hydrogen-bond acceptors (Lipinski definition) is 6. The maximum absolute atomic E-state index is 11.9. The number of hydrogen-bond donors (Lipinski definition) is 2. The van der Waals surface area contributed by atoms with Crippen LogP contribution in [0.1, 0.15) is 31.2 Å². The summed E-state index contributed by atoms with van der Waals surface area (Å²) in [5, 5.41) is 15.5. The number of nitrogens with one attached hydrogen (secondary N) is 2. The molecule has 7 heteroatoms. The molecule has 1 atom stereocenters. The predicted octanol–water partition coefficient (Wildman–Crippen LogP) is 1.20. The summed E-state index contributed by atoms with van der Waals surface area (Å²) < 4.78 is 5.26. The van der Waals surface area contributed by atoms with Crippen LogP contribution in [0.25, 0.3) is 0 Å². The molecule has 0 spiro atoms. The van der Waals surface area contributed by atoms with Gasteiger partial charge >= 0.3 is 0 Å². The number of anilines is 1. The van der Waals surface area contributed by atoms with E-state index in [4.69, 9.17) is 4.74 Å². The first kappa shape index (κ1) is 14.4. The lowest BCUT2D eigenvalue weighted by Gasteiger charge is -2.22. The molecule has 1 aromatic heterocycles. The summed E-state index contributed by atoms with van der Waals surface area (Å²) in [6.45, 7) is 3.94. The Morgan fingerprint density at radius 2 is 2.42 bits per heavy atom. The summed E-state index contributed by atoms with van der Waals surface area (Å²) in [5.41, 5.74) is 0. The van der Waals surface area contributed by atoms with Gasteiger partial charge in [0.2, 0.25) is 11.0 Å². The van der Waals surface area contributed by atoms with Gasteiger partial charge in [0.25, 0.3) is 0 Å². The van der Waals surface area contributed by atoms with Crippen molar-refractivity contribution in [3.8, 4) is 0 Å². The fourth-order valence-corrected chi connectivity index (χ4v) is 2.64. The first-order chi connectivity index (χ1) is 9.29. The van der Waals surface area contributed by atoms with Gasteiger partial charge in [0.1, 0.15) is 11.0 Å². The van der Waals surface area contributed by atoms with Crippen LogP contribution in [-0.2, 0) is 16.0 Å². The van der Waals surface area contributed by atoms with Crippen molar-refractivity contribution in [2.24, 2.45) is 0 Å². The molecule has 2 rings (SSSR count). The fourth-order valence-electron chi connectivity index (χ4n) is 1.86. The first-order valence-electron chi connectivity index (χ1n) is 6.74. The normalized spacial score (nSPS) is 19.3. The summed E-state index contributed by atoms with van der Waals surface area (Å²) in [6.07, 6.45) is 4.45. The highest BCUT2D eigenvalue weighted by Gasteiger charge is 2.22. The number of aryl methyl sites for hydroxylation is 1. The third-order valence-electron chi connectivity index (χ3n) is 2.93. The van der Waals surface area contributed by atoms with Gasteiger partial charge in [-0.15, -0.1) is 10.2 Å². The molecule has 0 aliphatic carbocycles. The third-order valence-corrected chi connectivity index (χ3v) is 3.83. The number of nitrogens with zero attached hydrogens (tertiary/aromatic N) is 2. The molecule has 6 nitrogen and oxygen atoms in total. The lowest BCUT2D eigenvalue weighted by atomic mass is 10.2. The first-order valence-corrected chi connectivity index (χ1v) is 7.55. The lowest BCUT2D eigenvalue weighted by molar-refractivity contribution is -0.120. The quantitative estimate of drug-likeness (QED) is 0.768. The van der Waals surface area contributed by atoms with Crippen molar-refractivity contribution in [1.82, 2.24) is 15.5 Å². The smallest absolute Gasteiger partial charge is 0.245 e. The zero-order valence-corrected chi connectivity index (χ0v) is 12.0. The Morgan fingerprint density at radius 3 is 3.16 bits per heavy atom. The Balaban J connectivity index is 1.80. The van der Waals surface area contributed by atoms with Crippen molar-refractivity contribution in [2.45, 2.75) is 38.6 Å². The lowest BCUT2D eigenvalue weighted by Crippen LogP contribution is -2.48. The number of morpholine rings is 1. The number of amides is 1. The van der Waals surface area contributed by atoms with Crippen LogP contribution in [0, 0.1) is 0 Å². The van der Waals surface area contributed by atoms with Crippen LogP contribution in [0.5, 0.6) is 0 Å². The Morgan fingerprint density at radius 1 is 1.53 bits per heavy atom. The van der Waals surface area contributed by atoms with E-state index in [-0.39, 0.29) is 11.9 Å². The second-order valence-corrected chi connectivity index (χ2v) is 5.59. The van der Waals surface area contributed by atoms with Gasteiger partial charge in [-0.3, -0.25) is 10.1 Å². The van der Waals surface area contributed by atoms with Gasteiger partial charge in [0, 0.05) is 13.0 Å². The minimum atomic E-state index is -0.291. The maximum atomic E-state index is 11.9. The zero-order chi connectivity index (χ0) is 13.5. The van der Waals surface area contributed by atoms with Gasteiger partial charge in [0.15, 0.2) is 0 Å². The van der Waals surface area contributed by atoms with E-state index in [0.717, 1.165) is 17.8 Å². The van der Waals surface area contributed by atoms with E-state index in [1.165, 1.54) is 24.2 Å². The molecule has 1 aliphatic rings. The van der Waals surface area contributed by atoms with Crippen LogP contribution >= 0.6 is 11.3 Å². The molecule has 1 aromatic rings. The van der Waals surface area contributed by atoms with Crippen molar-refractivity contribution < 1.29 is 9.53 Å². The van der Waals surface area contributed by atoms with E-state index < -0.39 is 0 Å². The van der Waals surface area contributed by atoms with E-state index in [1.54, 1.807) is 0 Å². The molecular formula is C12H20N4O2S. The van der Waals surface area contributed by atoms with Crippen molar-refractivity contribution in [1.29, 1.82) is 0 Å². The van der Waals surface area contributed by atoms with E-state index in [2.05, 4.69) is 27.8 Å². The second-order valence-electron chi connectivity index (χ2n) is 4.53. The van der Waals surface area contributed by atoms with Crippen molar-refractivity contribution in [3.05, 3.63) is 5.01 Å². The van der Waals surface area contributed by atoms with Crippen molar-refractivity contribution in [2.75, 3.05) is 25.1 Å². The molecule has 106 valence electrons. The van der Waals surface area contributed by atoms with Gasteiger partial charge in [0.05, 0.1) is 13.2 Å². The Labute approximate surface area is 116 Å². The molecule has 0 radical (unpaired) electrons.